The van der Waals surface area contributed by atoms with E-state index in [2.05, 4.69) is 24.5 Å². The number of carbonyl (C=O) groups excluding carboxylic acids is 4. The van der Waals surface area contributed by atoms with Crippen LogP contribution in [0.5, 0.6) is 0 Å². The van der Waals surface area contributed by atoms with E-state index in [-0.39, 0.29) is 24.1 Å². The van der Waals surface area contributed by atoms with Gasteiger partial charge in [0.15, 0.2) is 0 Å². The topological polar surface area (TPSA) is 105 Å². The molecule has 8 heteroatoms. The van der Waals surface area contributed by atoms with Crippen molar-refractivity contribution in [1.29, 1.82) is 0 Å². The van der Waals surface area contributed by atoms with Crippen LogP contribution in [0.25, 0.3) is 0 Å². The molecule has 3 amide bonds. The number of rotatable bonds is 13. The highest BCUT2D eigenvalue weighted by Crippen LogP contribution is 2.20. The fraction of sp³-hybridized carbons (Fsp3) is 0.484. The molecule has 1 saturated heterocycles. The summed E-state index contributed by atoms with van der Waals surface area (Å²) in [4.78, 5) is 52.3. The third kappa shape index (κ3) is 8.75. The summed E-state index contributed by atoms with van der Waals surface area (Å²) >= 11 is 0. The molecule has 1 heterocycles. The van der Waals surface area contributed by atoms with E-state index in [1.807, 2.05) is 55.5 Å². The first-order valence-electron chi connectivity index (χ1n) is 13.8. The van der Waals surface area contributed by atoms with E-state index in [0.29, 0.717) is 37.5 Å². The third-order valence-corrected chi connectivity index (χ3v) is 6.99. The van der Waals surface area contributed by atoms with Crippen LogP contribution in [0.3, 0.4) is 0 Å². The molecule has 3 rings (SSSR count). The number of carbonyl (C=O) groups is 4. The second-order valence-electron chi connectivity index (χ2n) is 10.7. The van der Waals surface area contributed by atoms with Gasteiger partial charge in [-0.25, -0.2) is 0 Å². The molecule has 1 fully saturated rings. The Morgan fingerprint density at radius 3 is 2.41 bits per heavy atom. The first-order chi connectivity index (χ1) is 18.7. The van der Waals surface area contributed by atoms with E-state index in [9.17, 15) is 19.2 Å². The molecule has 2 aromatic carbocycles. The fourth-order valence-corrected chi connectivity index (χ4v) is 4.87. The molecule has 39 heavy (non-hydrogen) atoms. The highest BCUT2D eigenvalue weighted by Gasteiger charge is 2.37. The predicted molar refractivity (Wildman–Crippen MR) is 150 cm³/mol. The Balaban J connectivity index is 1.59. The van der Waals surface area contributed by atoms with Gasteiger partial charge in [0.2, 0.25) is 11.8 Å². The number of amides is 3. The second kappa shape index (κ2) is 14.6. The summed E-state index contributed by atoms with van der Waals surface area (Å²) in [6, 6.07) is 15.1. The lowest BCUT2D eigenvalue weighted by molar-refractivity contribution is -0.140. The van der Waals surface area contributed by atoms with Crippen molar-refractivity contribution >= 4 is 24.0 Å². The first-order valence-corrected chi connectivity index (χ1v) is 13.8. The van der Waals surface area contributed by atoms with Crippen molar-refractivity contribution in [3.63, 3.8) is 0 Å². The van der Waals surface area contributed by atoms with Crippen molar-refractivity contribution in [1.82, 2.24) is 15.5 Å². The Morgan fingerprint density at radius 1 is 1.00 bits per heavy atom. The van der Waals surface area contributed by atoms with Crippen LogP contribution in [0.1, 0.15) is 68.4 Å². The summed E-state index contributed by atoms with van der Waals surface area (Å²) < 4.78 is 5.93. The molecule has 0 aromatic heterocycles. The molecule has 0 spiro atoms. The predicted octanol–water partition coefficient (Wildman–Crippen LogP) is 3.67. The summed E-state index contributed by atoms with van der Waals surface area (Å²) in [7, 11) is 0. The Morgan fingerprint density at radius 2 is 1.72 bits per heavy atom. The minimum atomic E-state index is -0.793. The van der Waals surface area contributed by atoms with E-state index >= 15 is 0 Å². The second-order valence-corrected chi connectivity index (χ2v) is 10.7. The number of aldehydes is 1. The van der Waals surface area contributed by atoms with Crippen LogP contribution < -0.4 is 10.6 Å². The normalized spacial score (nSPS) is 17.4. The van der Waals surface area contributed by atoms with Gasteiger partial charge in [0.05, 0.1) is 18.8 Å². The Hall–Kier alpha value is -3.52. The third-order valence-electron chi connectivity index (χ3n) is 6.99. The van der Waals surface area contributed by atoms with Crippen LogP contribution in [0.2, 0.25) is 0 Å². The summed E-state index contributed by atoms with van der Waals surface area (Å²) in [5.74, 6) is -0.480. The van der Waals surface area contributed by atoms with Gasteiger partial charge in [-0.05, 0) is 62.3 Å². The largest absolute Gasteiger partial charge is 0.372 e. The number of hydrogen-bond donors (Lipinski definition) is 2. The lowest BCUT2D eigenvalue weighted by atomic mass is 10.0. The van der Waals surface area contributed by atoms with Crippen molar-refractivity contribution in [2.24, 2.45) is 5.92 Å². The van der Waals surface area contributed by atoms with Gasteiger partial charge >= 0.3 is 0 Å². The minimum absolute atomic E-state index is 0.102. The SMILES string of the molecule is CC(C)Cc1cccc(C(=O)NC(C)C(=O)N2CCC[C@H]2C(=O)NC(CC=O)C(C)OCc2ccccc2)c1. The van der Waals surface area contributed by atoms with Gasteiger partial charge in [-0.3, -0.25) is 14.4 Å². The first kappa shape index (κ1) is 30.0. The molecule has 210 valence electrons. The number of likely N-dealkylation sites (tertiary alicyclic amines) is 1. The summed E-state index contributed by atoms with van der Waals surface area (Å²) in [6.45, 7) is 8.49. The maximum absolute atomic E-state index is 13.3. The summed E-state index contributed by atoms with van der Waals surface area (Å²) in [5.41, 5.74) is 2.57. The van der Waals surface area contributed by atoms with E-state index in [1.165, 1.54) is 4.90 Å². The molecule has 1 aliphatic rings. The molecular formula is C31H41N3O5. The number of nitrogens with zero attached hydrogens (tertiary/aromatic N) is 1. The molecule has 0 saturated carbocycles. The minimum Gasteiger partial charge on any atom is -0.372 e. The van der Waals surface area contributed by atoms with Crippen LogP contribution in [0, 0.1) is 5.92 Å². The number of hydrogen-bond acceptors (Lipinski definition) is 5. The van der Waals surface area contributed by atoms with E-state index in [4.69, 9.17) is 4.74 Å². The molecule has 4 atom stereocenters. The monoisotopic (exact) mass is 535 g/mol. The fourth-order valence-electron chi connectivity index (χ4n) is 4.87. The highest BCUT2D eigenvalue weighted by molar-refractivity contribution is 5.98. The zero-order valence-electron chi connectivity index (χ0n) is 23.4. The van der Waals surface area contributed by atoms with Gasteiger partial charge in [0.1, 0.15) is 18.4 Å². The summed E-state index contributed by atoms with van der Waals surface area (Å²) in [6.07, 6.45) is 2.52. The molecule has 0 radical (unpaired) electrons. The highest BCUT2D eigenvalue weighted by atomic mass is 16.5. The Labute approximate surface area is 231 Å². The van der Waals surface area contributed by atoms with Crippen LogP contribution in [-0.4, -0.2) is 59.7 Å². The van der Waals surface area contributed by atoms with Crippen LogP contribution in [-0.2, 0) is 32.1 Å². The van der Waals surface area contributed by atoms with Crippen molar-refractivity contribution in [3.05, 3.63) is 71.3 Å². The van der Waals surface area contributed by atoms with E-state index < -0.39 is 24.2 Å². The number of ether oxygens (including phenoxy) is 1. The summed E-state index contributed by atoms with van der Waals surface area (Å²) in [5, 5.41) is 5.73. The van der Waals surface area contributed by atoms with Crippen molar-refractivity contribution < 1.29 is 23.9 Å². The zero-order chi connectivity index (χ0) is 28.4. The molecule has 1 aliphatic heterocycles. The van der Waals surface area contributed by atoms with Gasteiger partial charge in [0, 0.05) is 18.5 Å². The van der Waals surface area contributed by atoms with E-state index in [0.717, 1.165) is 23.8 Å². The smallest absolute Gasteiger partial charge is 0.251 e. The number of benzene rings is 2. The zero-order valence-corrected chi connectivity index (χ0v) is 23.4. The molecule has 8 nitrogen and oxygen atoms in total. The maximum Gasteiger partial charge on any atom is 0.251 e. The molecule has 3 unspecified atom stereocenters. The van der Waals surface area contributed by atoms with Crippen LogP contribution in [0.4, 0.5) is 0 Å². The molecular weight excluding hydrogens is 494 g/mol. The number of nitrogens with one attached hydrogen (secondary N) is 2. The van der Waals surface area contributed by atoms with Crippen LogP contribution >= 0.6 is 0 Å². The Kier molecular flexibility index (Phi) is 11.2. The van der Waals surface area contributed by atoms with Gasteiger partial charge in [0.25, 0.3) is 5.91 Å². The Bertz CT molecular complexity index is 1120. The molecule has 0 bridgehead atoms. The van der Waals surface area contributed by atoms with Gasteiger partial charge < -0.3 is 25.1 Å². The average molecular weight is 536 g/mol. The molecule has 2 aromatic rings. The average Bonchev–Trinajstić information content (AvgIpc) is 3.41. The van der Waals surface area contributed by atoms with Gasteiger partial charge in [-0.2, -0.15) is 0 Å². The van der Waals surface area contributed by atoms with Crippen LogP contribution in [0.15, 0.2) is 54.6 Å². The van der Waals surface area contributed by atoms with Gasteiger partial charge in [-0.1, -0.05) is 56.3 Å². The van der Waals surface area contributed by atoms with Crippen molar-refractivity contribution in [2.75, 3.05) is 6.54 Å². The van der Waals surface area contributed by atoms with Crippen molar-refractivity contribution in [3.8, 4) is 0 Å². The van der Waals surface area contributed by atoms with Crippen molar-refractivity contribution in [2.45, 2.75) is 84.2 Å². The molecule has 0 aliphatic carbocycles. The van der Waals surface area contributed by atoms with Gasteiger partial charge in [-0.15, -0.1) is 0 Å². The lowest BCUT2D eigenvalue weighted by Crippen LogP contribution is -2.55. The standard InChI is InChI=1S/C31H41N3O5/c1-21(2)18-25-12-8-13-26(19-25)29(36)32-22(3)31(38)34-16-9-14-28(34)30(37)33-27(15-17-35)23(4)39-20-24-10-6-5-7-11-24/h5-8,10-13,17,19,21-23,27-28H,9,14-16,18,20H2,1-4H3,(H,32,36)(H,33,37)/t22?,23?,27?,28-/m0/s1. The quantitative estimate of drug-likeness (QED) is 0.381. The lowest BCUT2D eigenvalue weighted by Gasteiger charge is -2.30. The van der Waals surface area contributed by atoms with E-state index in [1.54, 1.807) is 13.0 Å². The molecule has 2 N–H and O–H groups in total. The maximum atomic E-state index is 13.3.